The number of hydrogen-bond donors (Lipinski definition) is 5. The fourth-order valence-electron chi connectivity index (χ4n) is 4.32. The maximum atomic E-state index is 12.5. The standard InChI is InChI=1S/C32H45ClN6O5/c1-22(37-41)31(3,4)35-14-17-39(18-15-36-32(5,6)23(2)38-42)16-13-34-30(40)21-43-27-10-7-24(8-11-27)29-20-25-19-26(33)9-12-28(25)44-29/h7-12,19-20,35-36,41-42H,13-18,21H2,1-6H3,(H,34,40)/b37-22+,38-23+. The number of hydrogen-bond acceptors (Lipinski definition) is 10. The van der Waals surface area contributed by atoms with E-state index in [9.17, 15) is 4.79 Å². The van der Waals surface area contributed by atoms with E-state index in [0.717, 1.165) is 22.3 Å². The van der Waals surface area contributed by atoms with Crippen molar-refractivity contribution < 1.29 is 24.4 Å². The molecule has 0 saturated carbocycles. The lowest BCUT2D eigenvalue weighted by Gasteiger charge is -2.30. The van der Waals surface area contributed by atoms with E-state index < -0.39 is 11.1 Å². The van der Waals surface area contributed by atoms with Gasteiger partial charge in [0, 0.05) is 55.2 Å². The van der Waals surface area contributed by atoms with Crippen molar-refractivity contribution in [3.63, 3.8) is 0 Å². The minimum atomic E-state index is -0.459. The summed E-state index contributed by atoms with van der Waals surface area (Å²) in [6.45, 7) is 15.0. The van der Waals surface area contributed by atoms with Crippen molar-refractivity contribution in [2.75, 3.05) is 45.9 Å². The molecule has 11 nitrogen and oxygen atoms in total. The summed E-state index contributed by atoms with van der Waals surface area (Å²) < 4.78 is 11.6. The van der Waals surface area contributed by atoms with E-state index in [4.69, 9.17) is 31.2 Å². The van der Waals surface area contributed by atoms with E-state index in [1.807, 2.05) is 58.0 Å². The van der Waals surface area contributed by atoms with Gasteiger partial charge >= 0.3 is 0 Å². The second-order valence-corrected chi connectivity index (χ2v) is 12.2. The van der Waals surface area contributed by atoms with Gasteiger partial charge in [-0.05, 0) is 90.1 Å². The van der Waals surface area contributed by atoms with Crippen molar-refractivity contribution in [2.45, 2.75) is 52.6 Å². The lowest BCUT2D eigenvalue weighted by atomic mass is 9.99. The molecule has 0 aliphatic rings. The quantitative estimate of drug-likeness (QED) is 0.0799. The van der Waals surface area contributed by atoms with Crippen LogP contribution in [-0.4, -0.2) is 89.6 Å². The SMILES string of the molecule is C/C(=N\O)C(C)(C)NCCN(CCNC(=O)COc1ccc(-c2cc3cc(Cl)ccc3o2)cc1)CCNC(C)(C)/C(C)=N/O. The molecule has 0 atom stereocenters. The number of ether oxygens (including phenoxy) is 1. The summed E-state index contributed by atoms with van der Waals surface area (Å²) in [7, 11) is 0. The Morgan fingerprint density at radius 1 is 0.886 bits per heavy atom. The van der Waals surface area contributed by atoms with Crippen LogP contribution in [0, 0.1) is 0 Å². The third kappa shape index (κ3) is 10.2. The normalized spacial score (nSPS) is 13.1. The Bertz CT molecular complexity index is 1400. The smallest absolute Gasteiger partial charge is 0.257 e. The number of carbonyl (C=O) groups excluding carboxylic acids is 1. The Balaban J connectivity index is 1.48. The van der Waals surface area contributed by atoms with Gasteiger partial charge in [0.05, 0.1) is 22.5 Å². The number of carbonyl (C=O) groups is 1. The molecule has 2 aromatic carbocycles. The Morgan fingerprint density at radius 3 is 2.02 bits per heavy atom. The zero-order valence-corrected chi connectivity index (χ0v) is 27.2. The van der Waals surface area contributed by atoms with Gasteiger partial charge in [-0.15, -0.1) is 0 Å². The highest BCUT2D eigenvalue weighted by molar-refractivity contribution is 6.31. The summed E-state index contributed by atoms with van der Waals surface area (Å²) in [5.41, 5.74) is 1.92. The zero-order valence-electron chi connectivity index (χ0n) is 26.4. The Hall–Kier alpha value is -3.64. The van der Waals surface area contributed by atoms with E-state index in [1.165, 1.54) is 0 Å². The minimum absolute atomic E-state index is 0.104. The first-order valence-corrected chi connectivity index (χ1v) is 15.0. The first-order valence-electron chi connectivity index (χ1n) is 14.6. The lowest BCUT2D eigenvalue weighted by molar-refractivity contribution is -0.123. The van der Waals surface area contributed by atoms with Crippen molar-refractivity contribution in [3.8, 4) is 17.1 Å². The second kappa shape index (κ2) is 15.9. The largest absolute Gasteiger partial charge is 0.484 e. The van der Waals surface area contributed by atoms with Gasteiger partial charge < -0.3 is 35.5 Å². The second-order valence-electron chi connectivity index (χ2n) is 11.8. The molecule has 0 fully saturated rings. The van der Waals surface area contributed by atoms with Gasteiger partial charge in [-0.1, -0.05) is 21.9 Å². The molecule has 240 valence electrons. The van der Waals surface area contributed by atoms with Crippen LogP contribution in [0.4, 0.5) is 0 Å². The number of furan rings is 1. The third-order valence-corrected chi connectivity index (χ3v) is 8.07. The molecule has 1 amide bonds. The summed E-state index contributed by atoms with van der Waals surface area (Å²) in [6.07, 6.45) is 0. The predicted octanol–water partition coefficient (Wildman–Crippen LogP) is 4.99. The van der Waals surface area contributed by atoms with Gasteiger partial charge in [-0.3, -0.25) is 9.69 Å². The summed E-state index contributed by atoms with van der Waals surface area (Å²) in [5.74, 6) is 1.09. The van der Waals surface area contributed by atoms with Gasteiger partial charge in [0.15, 0.2) is 6.61 Å². The summed E-state index contributed by atoms with van der Waals surface area (Å²) in [6, 6.07) is 14.8. The third-order valence-electron chi connectivity index (χ3n) is 7.84. The van der Waals surface area contributed by atoms with Crippen LogP contribution in [0.3, 0.4) is 0 Å². The fourth-order valence-corrected chi connectivity index (χ4v) is 4.50. The predicted molar refractivity (Wildman–Crippen MR) is 176 cm³/mol. The summed E-state index contributed by atoms with van der Waals surface area (Å²) in [5, 5.41) is 36.3. The minimum Gasteiger partial charge on any atom is -0.484 e. The number of nitrogens with one attached hydrogen (secondary N) is 3. The van der Waals surface area contributed by atoms with E-state index >= 15 is 0 Å². The topological polar surface area (TPSA) is 144 Å². The van der Waals surface area contributed by atoms with E-state index in [-0.39, 0.29) is 12.5 Å². The molecule has 0 saturated heterocycles. The molecule has 1 aromatic heterocycles. The van der Waals surface area contributed by atoms with Crippen LogP contribution in [0.1, 0.15) is 41.5 Å². The molecule has 0 unspecified atom stereocenters. The van der Waals surface area contributed by atoms with Crippen LogP contribution in [0.25, 0.3) is 22.3 Å². The van der Waals surface area contributed by atoms with Crippen LogP contribution < -0.4 is 20.7 Å². The Kier molecular flexibility index (Phi) is 12.6. The number of nitrogens with zero attached hydrogens (tertiary/aromatic N) is 3. The highest BCUT2D eigenvalue weighted by atomic mass is 35.5. The first kappa shape index (κ1) is 34.8. The molecule has 5 N–H and O–H groups in total. The molecule has 44 heavy (non-hydrogen) atoms. The summed E-state index contributed by atoms with van der Waals surface area (Å²) in [4.78, 5) is 14.8. The molecule has 0 spiro atoms. The van der Waals surface area contributed by atoms with Crippen molar-refractivity contribution in [2.24, 2.45) is 10.3 Å². The van der Waals surface area contributed by atoms with Gasteiger partial charge in [-0.25, -0.2) is 0 Å². The number of benzene rings is 2. The highest BCUT2D eigenvalue weighted by Gasteiger charge is 2.23. The molecule has 0 aliphatic heterocycles. The van der Waals surface area contributed by atoms with Gasteiger partial charge in [0.2, 0.25) is 0 Å². The maximum absolute atomic E-state index is 12.5. The molecular weight excluding hydrogens is 584 g/mol. The number of oxime groups is 2. The van der Waals surface area contributed by atoms with Gasteiger partial charge in [0.25, 0.3) is 5.91 Å². The van der Waals surface area contributed by atoms with Gasteiger partial charge in [0.1, 0.15) is 17.1 Å². The lowest BCUT2D eigenvalue weighted by Crippen LogP contribution is -2.51. The van der Waals surface area contributed by atoms with Crippen LogP contribution in [0.2, 0.25) is 5.02 Å². The van der Waals surface area contributed by atoms with Crippen LogP contribution in [0.5, 0.6) is 5.75 Å². The first-order chi connectivity index (χ1) is 20.8. The van der Waals surface area contributed by atoms with Crippen molar-refractivity contribution in [3.05, 3.63) is 53.6 Å². The van der Waals surface area contributed by atoms with Gasteiger partial charge in [-0.2, -0.15) is 0 Å². The number of rotatable bonds is 17. The van der Waals surface area contributed by atoms with Crippen LogP contribution >= 0.6 is 11.6 Å². The molecule has 0 aliphatic carbocycles. The Labute approximate surface area is 264 Å². The zero-order chi connectivity index (χ0) is 32.3. The van der Waals surface area contributed by atoms with Crippen LogP contribution in [0.15, 0.2) is 63.3 Å². The molecular formula is C32H45ClN6O5. The van der Waals surface area contributed by atoms with Crippen molar-refractivity contribution >= 4 is 39.9 Å². The molecule has 0 radical (unpaired) electrons. The van der Waals surface area contributed by atoms with Crippen molar-refractivity contribution in [1.29, 1.82) is 0 Å². The number of halogens is 1. The molecule has 0 bridgehead atoms. The Morgan fingerprint density at radius 2 is 1.45 bits per heavy atom. The summed E-state index contributed by atoms with van der Waals surface area (Å²) >= 11 is 6.08. The molecule has 12 heteroatoms. The van der Waals surface area contributed by atoms with Crippen molar-refractivity contribution in [1.82, 2.24) is 20.9 Å². The maximum Gasteiger partial charge on any atom is 0.257 e. The molecule has 1 heterocycles. The van der Waals surface area contributed by atoms with E-state index in [0.29, 0.717) is 61.5 Å². The van der Waals surface area contributed by atoms with E-state index in [2.05, 4.69) is 31.2 Å². The number of fused-ring (bicyclic) bond motifs is 1. The fraction of sp³-hybridized carbons (Fsp3) is 0.469. The molecule has 3 rings (SSSR count). The number of amides is 1. The van der Waals surface area contributed by atoms with Crippen LogP contribution in [-0.2, 0) is 4.79 Å². The molecule has 3 aromatic rings. The van der Waals surface area contributed by atoms with E-state index in [1.54, 1.807) is 32.0 Å². The monoisotopic (exact) mass is 628 g/mol. The average molecular weight is 629 g/mol. The highest BCUT2D eigenvalue weighted by Crippen LogP contribution is 2.30. The average Bonchev–Trinajstić information content (AvgIpc) is 3.42.